The summed E-state index contributed by atoms with van der Waals surface area (Å²) >= 11 is 0. The summed E-state index contributed by atoms with van der Waals surface area (Å²) in [6, 6.07) is 2.71. The number of nitro groups is 1. The fraction of sp³-hybridized carbons (Fsp3) is 0.100. The highest BCUT2D eigenvalue weighted by Gasteiger charge is 2.19. The van der Waals surface area contributed by atoms with Crippen molar-refractivity contribution in [3.8, 4) is 0 Å². The maximum atomic E-state index is 13.4. The van der Waals surface area contributed by atoms with E-state index in [0.717, 1.165) is 24.4 Å². The second kappa shape index (κ2) is 4.89. The third-order valence-corrected chi connectivity index (χ3v) is 3.66. The molecular formula is C10H9FN4O4S. The Morgan fingerprint density at radius 3 is 2.65 bits per heavy atom. The van der Waals surface area contributed by atoms with Crippen LogP contribution in [0.5, 0.6) is 0 Å². The zero-order chi connectivity index (χ0) is 14.9. The molecule has 0 aliphatic rings. The third kappa shape index (κ3) is 2.74. The number of benzene rings is 1. The first-order chi connectivity index (χ1) is 9.29. The third-order valence-electron chi connectivity index (χ3n) is 2.37. The maximum Gasteiger partial charge on any atom is 0.304 e. The Morgan fingerprint density at radius 1 is 1.45 bits per heavy atom. The highest BCUT2D eigenvalue weighted by atomic mass is 32.2. The Labute approximate surface area is 112 Å². The molecular weight excluding hydrogens is 291 g/mol. The lowest BCUT2D eigenvalue weighted by Gasteiger charge is -2.06. The minimum atomic E-state index is -3.95. The number of sulfonamides is 1. The molecule has 0 aliphatic carbocycles. The van der Waals surface area contributed by atoms with Crippen LogP contribution in [-0.4, -0.2) is 23.3 Å². The molecule has 1 aromatic heterocycles. The lowest BCUT2D eigenvalue weighted by molar-refractivity contribution is -0.387. The molecule has 0 fully saturated rings. The van der Waals surface area contributed by atoms with Crippen molar-refractivity contribution >= 4 is 21.4 Å². The lowest BCUT2D eigenvalue weighted by atomic mass is 10.3. The van der Waals surface area contributed by atoms with E-state index in [1.54, 1.807) is 6.92 Å². The van der Waals surface area contributed by atoms with Crippen molar-refractivity contribution < 1.29 is 17.7 Å². The van der Waals surface area contributed by atoms with Gasteiger partial charge in [-0.3, -0.25) is 14.8 Å². The maximum absolute atomic E-state index is 13.4. The molecule has 20 heavy (non-hydrogen) atoms. The molecule has 1 aromatic carbocycles. The number of imidazole rings is 1. The molecule has 1 heterocycles. The zero-order valence-corrected chi connectivity index (χ0v) is 10.9. The summed E-state index contributed by atoms with van der Waals surface area (Å²) in [4.78, 5) is 15.8. The highest BCUT2D eigenvalue weighted by molar-refractivity contribution is 7.92. The predicted molar refractivity (Wildman–Crippen MR) is 67.2 cm³/mol. The van der Waals surface area contributed by atoms with Gasteiger partial charge in [-0.25, -0.2) is 4.98 Å². The average molecular weight is 300 g/mol. The van der Waals surface area contributed by atoms with Crippen LogP contribution in [0.25, 0.3) is 0 Å². The van der Waals surface area contributed by atoms with Gasteiger partial charge in [0.1, 0.15) is 5.82 Å². The lowest BCUT2D eigenvalue weighted by Crippen LogP contribution is -2.13. The second-order valence-electron chi connectivity index (χ2n) is 3.86. The van der Waals surface area contributed by atoms with Gasteiger partial charge in [-0.1, -0.05) is 0 Å². The van der Waals surface area contributed by atoms with Gasteiger partial charge in [0.25, 0.3) is 10.0 Å². The van der Waals surface area contributed by atoms with Crippen LogP contribution in [-0.2, 0) is 10.0 Å². The summed E-state index contributed by atoms with van der Waals surface area (Å²) in [5, 5.41) is 10.3. The van der Waals surface area contributed by atoms with Gasteiger partial charge in [0.2, 0.25) is 5.82 Å². The fourth-order valence-electron chi connectivity index (χ4n) is 1.46. The first kappa shape index (κ1) is 13.9. The Morgan fingerprint density at radius 2 is 2.15 bits per heavy atom. The number of hydrogen-bond donors (Lipinski definition) is 2. The van der Waals surface area contributed by atoms with E-state index in [4.69, 9.17) is 0 Å². The van der Waals surface area contributed by atoms with Crippen LogP contribution in [0.15, 0.2) is 29.4 Å². The van der Waals surface area contributed by atoms with E-state index in [2.05, 4.69) is 14.7 Å². The number of aromatic amines is 1. The quantitative estimate of drug-likeness (QED) is 0.656. The van der Waals surface area contributed by atoms with Crippen LogP contribution in [0.2, 0.25) is 0 Å². The van der Waals surface area contributed by atoms with E-state index in [1.165, 1.54) is 0 Å². The van der Waals surface area contributed by atoms with Crippen molar-refractivity contribution in [1.29, 1.82) is 0 Å². The van der Waals surface area contributed by atoms with E-state index in [9.17, 15) is 22.9 Å². The van der Waals surface area contributed by atoms with Gasteiger partial charge in [0.05, 0.1) is 16.8 Å². The van der Waals surface area contributed by atoms with Crippen molar-refractivity contribution in [3.05, 3.63) is 46.2 Å². The molecule has 0 amide bonds. The van der Waals surface area contributed by atoms with Crippen molar-refractivity contribution in [3.63, 3.8) is 0 Å². The van der Waals surface area contributed by atoms with Crippen LogP contribution in [0.4, 0.5) is 15.8 Å². The molecule has 2 aromatic rings. The normalized spacial score (nSPS) is 11.3. The second-order valence-corrected chi connectivity index (χ2v) is 5.51. The molecule has 0 saturated carbocycles. The number of nitro benzene ring substituents is 1. The van der Waals surface area contributed by atoms with Crippen LogP contribution in [0.3, 0.4) is 0 Å². The summed E-state index contributed by atoms with van der Waals surface area (Å²) in [7, 11) is -3.95. The molecule has 8 nitrogen and oxygen atoms in total. The number of nitrogens with zero attached hydrogens (tertiary/aromatic N) is 2. The van der Waals surface area contributed by atoms with Crippen molar-refractivity contribution in [2.24, 2.45) is 0 Å². The van der Waals surface area contributed by atoms with E-state index in [-0.39, 0.29) is 10.7 Å². The van der Waals surface area contributed by atoms with Crippen molar-refractivity contribution in [1.82, 2.24) is 9.97 Å². The van der Waals surface area contributed by atoms with Crippen LogP contribution >= 0.6 is 0 Å². The summed E-state index contributed by atoms with van der Waals surface area (Å²) in [6.45, 7) is 1.57. The minimum absolute atomic E-state index is 0.125. The van der Waals surface area contributed by atoms with E-state index < -0.39 is 26.5 Å². The molecule has 10 heteroatoms. The summed E-state index contributed by atoms with van der Waals surface area (Å²) in [6.07, 6.45) is 1.11. The molecule has 0 unspecified atom stereocenters. The Kier molecular flexibility index (Phi) is 3.40. The summed E-state index contributed by atoms with van der Waals surface area (Å²) in [5.41, 5.74) is -0.856. The number of aromatic nitrogens is 2. The minimum Gasteiger partial charge on any atom is -0.332 e. The molecule has 2 rings (SSSR count). The highest BCUT2D eigenvalue weighted by Crippen LogP contribution is 2.22. The molecule has 0 atom stereocenters. The Bertz CT molecular complexity index is 771. The molecule has 0 bridgehead atoms. The fourth-order valence-corrected chi connectivity index (χ4v) is 2.48. The van der Waals surface area contributed by atoms with Gasteiger partial charge in [-0.05, 0) is 13.0 Å². The van der Waals surface area contributed by atoms with E-state index in [0.29, 0.717) is 5.82 Å². The number of anilines is 1. The van der Waals surface area contributed by atoms with Gasteiger partial charge in [-0.15, -0.1) is 0 Å². The number of halogens is 1. The van der Waals surface area contributed by atoms with Gasteiger partial charge in [-0.2, -0.15) is 12.8 Å². The molecule has 0 spiro atoms. The SMILES string of the molecule is Cc1ncc(S(=O)(=O)Nc2ccc([N+](=O)[O-])c(F)c2)[nH]1. The molecule has 106 valence electrons. The summed E-state index contributed by atoms with van der Waals surface area (Å²) in [5.74, 6) is -0.726. The van der Waals surface area contributed by atoms with Gasteiger partial charge < -0.3 is 4.98 Å². The van der Waals surface area contributed by atoms with E-state index in [1.807, 2.05) is 0 Å². The number of aryl methyl sites for hydroxylation is 1. The monoisotopic (exact) mass is 300 g/mol. The molecule has 2 N–H and O–H groups in total. The van der Waals surface area contributed by atoms with Crippen LogP contribution in [0, 0.1) is 22.9 Å². The van der Waals surface area contributed by atoms with E-state index >= 15 is 0 Å². The van der Waals surface area contributed by atoms with Crippen LogP contribution in [0.1, 0.15) is 5.82 Å². The largest absolute Gasteiger partial charge is 0.332 e. The number of hydrogen-bond acceptors (Lipinski definition) is 5. The molecule has 0 radical (unpaired) electrons. The van der Waals surface area contributed by atoms with Gasteiger partial charge in [0.15, 0.2) is 5.03 Å². The van der Waals surface area contributed by atoms with Gasteiger partial charge >= 0.3 is 5.69 Å². The first-order valence-electron chi connectivity index (χ1n) is 5.28. The van der Waals surface area contributed by atoms with Crippen molar-refractivity contribution in [2.45, 2.75) is 11.9 Å². The van der Waals surface area contributed by atoms with Gasteiger partial charge in [0, 0.05) is 12.1 Å². The predicted octanol–water partition coefficient (Wildman–Crippen LogP) is 1.57. The molecule has 0 saturated heterocycles. The Hall–Kier alpha value is -2.49. The standard InChI is InChI=1S/C10H9FN4O4S/c1-6-12-5-10(13-6)20(18,19)14-7-2-3-9(15(16)17)8(11)4-7/h2-5,14H,1H3,(H,12,13). The zero-order valence-electron chi connectivity index (χ0n) is 10.1. The topological polar surface area (TPSA) is 118 Å². The number of nitrogens with one attached hydrogen (secondary N) is 2. The van der Waals surface area contributed by atoms with Crippen molar-refractivity contribution in [2.75, 3.05) is 4.72 Å². The molecule has 0 aliphatic heterocycles. The summed E-state index contributed by atoms with van der Waals surface area (Å²) < 4.78 is 39.3. The first-order valence-corrected chi connectivity index (χ1v) is 6.76. The Balaban J connectivity index is 2.30. The smallest absolute Gasteiger partial charge is 0.304 e. The van der Waals surface area contributed by atoms with Crippen LogP contribution < -0.4 is 4.72 Å². The number of H-pyrrole nitrogens is 1. The average Bonchev–Trinajstić information content (AvgIpc) is 2.75. The number of rotatable bonds is 4.